The number of carbonyl (C=O) groups is 2. The topological polar surface area (TPSA) is 127 Å². The van der Waals surface area contributed by atoms with Gasteiger partial charge in [0.25, 0.3) is 5.91 Å². The summed E-state index contributed by atoms with van der Waals surface area (Å²) in [5.41, 5.74) is 1.14. The molecule has 2 aromatic rings. The minimum atomic E-state index is -3.52. The van der Waals surface area contributed by atoms with E-state index in [1.165, 1.54) is 18.1 Å². The van der Waals surface area contributed by atoms with E-state index in [9.17, 15) is 18.0 Å². The number of tetrazole rings is 1. The van der Waals surface area contributed by atoms with Gasteiger partial charge in [0.2, 0.25) is 5.91 Å². The zero-order valence-electron chi connectivity index (χ0n) is 14.8. The van der Waals surface area contributed by atoms with Gasteiger partial charge in [-0.15, -0.1) is 5.10 Å². The number of carbonyl (C=O) groups excluding carboxylic acids is 2. The summed E-state index contributed by atoms with van der Waals surface area (Å²) in [4.78, 5) is 25.8. The summed E-state index contributed by atoms with van der Waals surface area (Å²) in [5, 5.41) is 12.7. The summed E-state index contributed by atoms with van der Waals surface area (Å²) < 4.78 is 26.0. The molecule has 1 aliphatic rings. The zero-order chi connectivity index (χ0) is 19.4. The Bertz CT molecular complexity index is 920. The first-order chi connectivity index (χ1) is 12.9. The van der Waals surface area contributed by atoms with E-state index < -0.39 is 26.7 Å². The fraction of sp³-hybridized carbons (Fsp3) is 0.438. The standard InChI is InChI=1S/C16H20N6O4S/c1-17-15(23)10-27(25,26)14-5-7-21(8-6-14)16(24)12-3-2-4-13(9-12)22-11-18-19-20-22/h2-4,9,11,14H,5-8,10H2,1H3,(H,17,23). The maximum Gasteiger partial charge on any atom is 0.253 e. The normalized spacial score (nSPS) is 15.5. The van der Waals surface area contributed by atoms with Crippen molar-refractivity contribution in [3.05, 3.63) is 36.2 Å². The van der Waals surface area contributed by atoms with Gasteiger partial charge in [-0.05, 0) is 41.5 Å². The molecule has 0 atom stereocenters. The van der Waals surface area contributed by atoms with Crippen molar-refractivity contribution in [2.45, 2.75) is 18.1 Å². The lowest BCUT2D eigenvalue weighted by molar-refractivity contribution is -0.118. The summed E-state index contributed by atoms with van der Waals surface area (Å²) in [6.07, 6.45) is 2.07. The third-order valence-corrected chi connectivity index (χ3v) is 6.71. The van der Waals surface area contributed by atoms with E-state index in [0.29, 0.717) is 37.2 Å². The second-order valence-electron chi connectivity index (χ2n) is 6.28. The van der Waals surface area contributed by atoms with E-state index in [0.717, 1.165) is 0 Å². The number of sulfone groups is 1. The minimum absolute atomic E-state index is 0.174. The number of benzene rings is 1. The van der Waals surface area contributed by atoms with Gasteiger partial charge in [0.1, 0.15) is 12.1 Å². The van der Waals surface area contributed by atoms with Crippen molar-refractivity contribution in [2.24, 2.45) is 0 Å². The molecule has 27 heavy (non-hydrogen) atoms. The number of nitrogens with zero attached hydrogens (tertiary/aromatic N) is 5. The number of nitrogens with one attached hydrogen (secondary N) is 1. The van der Waals surface area contributed by atoms with Crippen LogP contribution in [0.3, 0.4) is 0 Å². The number of piperidine rings is 1. The van der Waals surface area contributed by atoms with Crippen LogP contribution in [-0.2, 0) is 14.6 Å². The van der Waals surface area contributed by atoms with Gasteiger partial charge in [-0.2, -0.15) is 0 Å². The number of likely N-dealkylation sites (tertiary alicyclic amines) is 1. The van der Waals surface area contributed by atoms with Crippen LogP contribution in [0.5, 0.6) is 0 Å². The Balaban J connectivity index is 1.65. The predicted octanol–water partition coefficient (Wildman–Crippen LogP) is -0.572. The lowest BCUT2D eigenvalue weighted by Gasteiger charge is -2.31. The second kappa shape index (κ2) is 7.82. The molecule has 0 spiro atoms. The fourth-order valence-electron chi connectivity index (χ4n) is 3.03. The number of rotatable bonds is 5. The number of amides is 2. The van der Waals surface area contributed by atoms with Crippen LogP contribution in [0.1, 0.15) is 23.2 Å². The third kappa shape index (κ3) is 4.30. The van der Waals surface area contributed by atoms with Crippen molar-refractivity contribution in [3.63, 3.8) is 0 Å². The molecule has 0 saturated carbocycles. The zero-order valence-corrected chi connectivity index (χ0v) is 15.6. The van der Waals surface area contributed by atoms with Crippen LogP contribution in [0.2, 0.25) is 0 Å². The average Bonchev–Trinajstić information content (AvgIpc) is 3.22. The molecule has 2 amide bonds. The Kier molecular flexibility index (Phi) is 5.49. The molecule has 11 heteroatoms. The molecule has 1 saturated heterocycles. The predicted molar refractivity (Wildman–Crippen MR) is 95.9 cm³/mol. The maximum absolute atomic E-state index is 12.8. The van der Waals surface area contributed by atoms with E-state index in [4.69, 9.17) is 0 Å². The number of hydrogen-bond acceptors (Lipinski definition) is 7. The Morgan fingerprint density at radius 1 is 1.26 bits per heavy atom. The van der Waals surface area contributed by atoms with Crippen molar-refractivity contribution in [1.82, 2.24) is 30.4 Å². The van der Waals surface area contributed by atoms with Crippen molar-refractivity contribution in [2.75, 3.05) is 25.9 Å². The van der Waals surface area contributed by atoms with Gasteiger partial charge in [0.15, 0.2) is 9.84 Å². The summed E-state index contributed by atoms with van der Waals surface area (Å²) in [7, 11) is -2.11. The SMILES string of the molecule is CNC(=O)CS(=O)(=O)C1CCN(C(=O)c2cccc(-n3cnnn3)c2)CC1. The Labute approximate surface area is 156 Å². The molecule has 144 valence electrons. The quantitative estimate of drug-likeness (QED) is 0.722. The van der Waals surface area contributed by atoms with Gasteiger partial charge < -0.3 is 10.2 Å². The second-order valence-corrected chi connectivity index (χ2v) is 8.56. The Morgan fingerprint density at radius 3 is 2.63 bits per heavy atom. The molecule has 10 nitrogen and oxygen atoms in total. The number of hydrogen-bond donors (Lipinski definition) is 1. The molecule has 0 bridgehead atoms. The van der Waals surface area contributed by atoms with Crippen LogP contribution in [0, 0.1) is 0 Å². The first kappa shape index (κ1) is 19.0. The summed E-state index contributed by atoms with van der Waals surface area (Å²) >= 11 is 0. The van der Waals surface area contributed by atoms with Crippen LogP contribution >= 0.6 is 0 Å². The summed E-state index contributed by atoms with van der Waals surface area (Å²) in [6.45, 7) is 0.650. The molecule has 1 aromatic heterocycles. The molecule has 0 radical (unpaired) electrons. The third-order valence-electron chi connectivity index (χ3n) is 4.55. The first-order valence-corrected chi connectivity index (χ1v) is 10.2. The molecule has 1 fully saturated rings. The van der Waals surface area contributed by atoms with Crippen molar-refractivity contribution < 1.29 is 18.0 Å². The highest BCUT2D eigenvalue weighted by Crippen LogP contribution is 2.21. The molecule has 1 N–H and O–H groups in total. The fourth-order valence-corrected chi connectivity index (χ4v) is 4.71. The number of aromatic nitrogens is 4. The highest BCUT2D eigenvalue weighted by molar-refractivity contribution is 7.92. The van der Waals surface area contributed by atoms with Crippen LogP contribution in [0.15, 0.2) is 30.6 Å². The molecule has 0 aliphatic carbocycles. The minimum Gasteiger partial charge on any atom is -0.358 e. The smallest absolute Gasteiger partial charge is 0.253 e. The molecule has 0 unspecified atom stereocenters. The van der Waals surface area contributed by atoms with E-state index in [1.807, 2.05) is 0 Å². The van der Waals surface area contributed by atoms with Gasteiger partial charge in [-0.3, -0.25) is 9.59 Å². The average molecular weight is 392 g/mol. The van der Waals surface area contributed by atoms with E-state index >= 15 is 0 Å². The molecule has 1 aromatic carbocycles. The molecule has 1 aliphatic heterocycles. The largest absolute Gasteiger partial charge is 0.358 e. The van der Waals surface area contributed by atoms with Gasteiger partial charge in [0.05, 0.1) is 10.9 Å². The molecule has 2 heterocycles. The maximum atomic E-state index is 12.8. The van der Waals surface area contributed by atoms with Crippen LogP contribution in [0.4, 0.5) is 0 Å². The van der Waals surface area contributed by atoms with Crippen molar-refractivity contribution in [1.29, 1.82) is 0 Å². The van der Waals surface area contributed by atoms with Gasteiger partial charge >= 0.3 is 0 Å². The lowest BCUT2D eigenvalue weighted by Crippen LogP contribution is -2.44. The van der Waals surface area contributed by atoms with Gasteiger partial charge in [-0.25, -0.2) is 13.1 Å². The van der Waals surface area contributed by atoms with Crippen LogP contribution in [-0.4, -0.2) is 76.5 Å². The van der Waals surface area contributed by atoms with E-state index in [-0.39, 0.29) is 5.91 Å². The monoisotopic (exact) mass is 392 g/mol. The molecular formula is C16H20N6O4S. The van der Waals surface area contributed by atoms with Crippen molar-refractivity contribution in [3.8, 4) is 5.69 Å². The van der Waals surface area contributed by atoms with Gasteiger partial charge in [-0.1, -0.05) is 6.07 Å². The molecule has 3 rings (SSSR count). The van der Waals surface area contributed by atoms with Crippen molar-refractivity contribution >= 4 is 21.7 Å². The lowest BCUT2D eigenvalue weighted by atomic mass is 10.1. The highest BCUT2D eigenvalue weighted by atomic mass is 32.2. The van der Waals surface area contributed by atoms with Crippen LogP contribution < -0.4 is 5.32 Å². The van der Waals surface area contributed by atoms with Crippen LogP contribution in [0.25, 0.3) is 5.69 Å². The Hall–Kier alpha value is -2.82. The first-order valence-electron chi connectivity index (χ1n) is 8.45. The van der Waals surface area contributed by atoms with E-state index in [1.54, 1.807) is 29.2 Å². The summed E-state index contributed by atoms with van der Waals surface area (Å²) in [6, 6.07) is 6.91. The van der Waals surface area contributed by atoms with E-state index in [2.05, 4.69) is 20.8 Å². The van der Waals surface area contributed by atoms with Gasteiger partial charge in [0, 0.05) is 25.7 Å². The molecular weight excluding hydrogens is 372 g/mol. The Morgan fingerprint density at radius 2 is 2.00 bits per heavy atom. The highest BCUT2D eigenvalue weighted by Gasteiger charge is 2.33. The summed E-state index contributed by atoms with van der Waals surface area (Å²) in [5.74, 6) is -1.21.